The fourth-order valence-electron chi connectivity index (χ4n) is 2.82. The van der Waals surface area contributed by atoms with E-state index in [0.29, 0.717) is 18.3 Å². The van der Waals surface area contributed by atoms with Crippen LogP contribution in [-0.4, -0.2) is 35.6 Å². The quantitative estimate of drug-likeness (QED) is 0.777. The minimum absolute atomic E-state index is 0.325. The van der Waals surface area contributed by atoms with Crippen molar-refractivity contribution in [3.63, 3.8) is 0 Å². The molecule has 3 nitrogen and oxygen atoms in total. The topological polar surface area (TPSA) is 40.5 Å². The molecule has 1 saturated heterocycles. The highest BCUT2D eigenvalue weighted by Gasteiger charge is 2.19. The Morgan fingerprint density at radius 2 is 1.76 bits per heavy atom. The number of likely N-dealkylation sites (tertiary alicyclic amines) is 1. The third-order valence-corrected chi connectivity index (χ3v) is 3.48. The van der Waals surface area contributed by atoms with Gasteiger partial charge < -0.3 is 10.0 Å². The summed E-state index contributed by atoms with van der Waals surface area (Å²) in [5.41, 5.74) is 0. The molecule has 3 heteroatoms. The molecule has 1 fully saturated rings. The molecule has 17 heavy (non-hydrogen) atoms. The highest BCUT2D eigenvalue weighted by molar-refractivity contribution is 5.67. The molecule has 0 aromatic heterocycles. The summed E-state index contributed by atoms with van der Waals surface area (Å²) < 4.78 is 0. The standard InChI is InChI=1S/C14H27NO2/c1-12(2)9-13(10-14(16)17)11-15-7-5-3-4-6-8-15/h12-13H,3-11H2,1-2H3,(H,16,17). The van der Waals surface area contributed by atoms with E-state index in [-0.39, 0.29) is 0 Å². The number of nitrogens with zero attached hydrogens (tertiary/aromatic N) is 1. The van der Waals surface area contributed by atoms with Crippen LogP contribution >= 0.6 is 0 Å². The number of rotatable bonds is 6. The van der Waals surface area contributed by atoms with Crippen LogP contribution in [0.4, 0.5) is 0 Å². The largest absolute Gasteiger partial charge is 0.481 e. The molecule has 0 spiro atoms. The molecule has 1 rings (SSSR count). The smallest absolute Gasteiger partial charge is 0.303 e. The summed E-state index contributed by atoms with van der Waals surface area (Å²) in [4.78, 5) is 13.4. The average molecular weight is 241 g/mol. The molecule has 0 aliphatic carbocycles. The zero-order valence-corrected chi connectivity index (χ0v) is 11.3. The van der Waals surface area contributed by atoms with Crippen molar-refractivity contribution in [2.45, 2.75) is 52.4 Å². The van der Waals surface area contributed by atoms with Gasteiger partial charge in [0.05, 0.1) is 0 Å². The van der Waals surface area contributed by atoms with Gasteiger partial charge in [0.15, 0.2) is 0 Å². The van der Waals surface area contributed by atoms with Crippen molar-refractivity contribution < 1.29 is 9.90 Å². The fraction of sp³-hybridized carbons (Fsp3) is 0.929. The molecular formula is C14H27NO2. The molecule has 0 amide bonds. The maximum atomic E-state index is 10.9. The molecule has 0 aromatic rings. The lowest BCUT2D eigenvalue weighted by Crippen LogP contribution is -2.32. The van der Waals surface area contributed by atoms with Gasteiger partial charge in [0.2, 0.25) is 0 Å². The molecule has 0 radical (unpaired) electrons. The van der Waals surface area contributed by atoms with Crippen LogP contribution in [0.15, 0.2) is 0 Å². The predicted octanol–water partition coefficient (Wildman–Crippen LogP) is 3.00. The molecule has 1 aliphatic heterocycles. The summed E-state index contributed by atoms with van der Waals surface area (Å²) >= 11 is 0. The highest BCUT2D eigenvalue weighted by Crippen LogP contribution is 2.19. The molecule has 0 aromatic carbocycles. The van der Waals surface area contributed by atoms with Gasteiger partial charge >= 0.3 is 5.97 Å². The molecule has 1 unspecified atom stereocenters. The Morgan fingerprint density at radius 1 is 1.18 bits per heavy atom. The number of hydrogen-bond donors (Lipinski definition) is 1. The summed E-state index contributed by atoms with van der Waals surface area (Å²) in [7, 11) is 0. The summed E-state index contributed by atoms with van der Waals surface area (Å²) in [5, 5.41) is 8.96. The van der Waals surface area contributed by atoms with Crippen LogP contribution in [0.5, 0.6) is 0 Å². The third-order valence-electron chi connectivity index (χ3n) is 3.48. The first kappa shape index (κ1) is 14.5. The zero-order chi connectivity index (χ0) is 12.7. The zero-order valence-electron chi connectivity index (χ0n) is 11.3. The molecule has 1 heterocycles. The lowest BCUT2D eigenvalue weighted by Gasteiger charge is -2.26. The van der Waals surface area contributed by atoms with Crippen LogP contribution in [0.2, 0.25) is 0 Å². The lowest BCUT2D eigenvalue weighted by molar-refractivity contribution is -0.138. The van der Waals surface area contributed by atoms with Gasteiger partial charge in [-0.25, -0.2) is 0 Å². The molecular weight excluding hydrogens is 214 g/mol. The van der Waals surface area contributed by atoms with E-state index in [9.17, 15) is 4.79 Å². The van der Waals surface area contributed by atoms with Gasteiger partial charge in [0.25, 0.3) is 0 Å². The van der Waals surface area contributed by atoms with Crippen LogP contribution in [-0.2, 0) is 4.79 Å². The van der Waals surface area contributed by atoms with E-state index in [2.05, 4.69) is 18.7 Å². The predicted molar refractivity (Wildman–Crippen MR) is 70.1 cm³/mol. The van der Waals surface area contributed by atoms with Crippen molar-refractivity contribution in [2.75, 3.05) is 19.6 Å². The van der Waals surface area contributed by atoms with Gasteiger partial charge in [-0.05, 0) is 44.2 Å². The van der Waals surface area contributed by atoms with Gasteiger partial charge in [-0.2, -0.15) is 0 Å². The number of aliphatic carboxylic acids is 1. The number of hydrogen-bond acceptors (Lipinski definition) is 2. The van der Waals surface area contributed by atoms with Gasteiger partial charge in [0.1, 0.15) is 0 Å². The number of carbonyl (C=O) groups is 1. The Balaban J connectivity index is 2.42. The Kier molecular flexibility index (Phi) is 6.56. The van der Waals surface area contributed by atoms with Crippen molar-refractivity contribution in [3.8, 4) is 0 Å². The second kappa shape index (κ2) is 7.70. The third kappa shape index (κ3) is 6.67. The van der Waals surface area contributed by atoms with E-state index in [4.69, 9.17) is 5.11 Å². The van der Waals surface area contributed by atoms with Gasteiger partial charge in [-0.1, -0.05) is 26.7 Å². The van der Waals surface area contributed by atoms with Crippen LogP contribution in [0.25, 0.3) is 0 Å². The fourth-order valence-corrected chi connectivity index (χ4v) is 2.82. The van der Waals surface area contributed by atoms with Crippen LogP contribution in [0.3, 0.4) is 0 Å². The molecule has 1 N–H and O–H groups in total. The molecule has 0 saturated carbocycles. The second-order valence-corrected chi connectivity index (χ2v) is 5.81. The maximum absolute atomic E-state index is 10.9. The summed E-state index contributed by atoms with van der Waals surface area (Å²) in [6, 6.07) is 0. The van der Waals surface area contributed by atoms with Crippen molar-refractivity contribution in [1.29, 1.82) is 0 Å². The Hall–Kier alpha value is -0.570. The van der Waals surface area contributed by atoms with Crippen LogP contribution in [0.1, 0.15) is 52.4 Å². The molecule has 0 bridgehead atoms. The second-order valence-electron chi connectivity index (χ2n) is 5.81. The first-order valence-electron chi connectivity index (χ1n) is 7.02. The van der Waals surface area contributed by atoms with Crippen molar-refractivity contribution in [1.82, 2.24) is 4.90 Å². The van der Waals surface area contributed by atoms with E-state index < -0.39 is 5.97 Å². The monoisotopic (exact) mass is 241 g/mol. The average Bonchev–Trinajstić information content (AvgIpc) is 2.44. The SMILES string of the molecule is CC(C)CC(CC(=O)O)CN1CCCCCC1. The van der Waals surface area contributed by atoms with E-state index >= 15 is 0 Å². The van der Waals surface area contributed by atoms with Crippen molar-refractivity contribution in [3.05, 3.63) is 0 Å². The number of carboxylic acid groups (broad SMARTS) is 1. The van der Waals surface area contributed by atoms with Gasteiger partial charge in [-0.3, -0.25) is 4.79 Å². The highest BCUT2D eigenvalue weighted by atomic mass is 16.4. The molecule has 100 valence electrons. The first-order valence-corrected chi connectivity index (χ1v) is 7.02. The summed E-state index contributed by atoms with van der Waals surface area (Å²) in [6.45, 7) is 7.65. The van der Waals surface area contributed by atoms with Gasteiger partial charge in [0, 0.05) is 13.0 Å². The van der Waals surface area contributed by atoms with Crippen molar-refractivity contribution >= 4 is 5.97 Å². The lowest BCUT2D eigenvalue weighted by atomic mass is 9.93. The Morgan fingerprint density at radius 3 is 2.24 bits per heavy atom. The number of carboxylic acids is 1. The first-order chi connectivity index (χ1) is 8.08. The van der Waals surface area contributed by atoms with E-state index in [1.54, 1.807) is 0 Å². The Bertz CT molecular complexity index is 220. The van der Waals surface area contributed by atoms with E-state index in [1.165, 1.54) is 25.7 Å². The maximum Gasteiger partial charge on any atom is 0.303 e. The van der Waals surface area contributed by atoms with E-state index in [0.717, 1.165) is 26.1 Å². The minimum atomic E-state index is -0.648. The minimum Gasteiger partial charge on any atom is -0.481 e. The Labute approximate surface area is 105 Å². The summed E-state index contributed by atoms with van der Waals surface area (Å²) in [5.74, 6) is 0.266. The molecule has 1 atom stereocenters. The normalized spacial score (nSPS) is 20.2. The summed E-state index contributed by atoms with van der Waals surface area (Å²) in [6.07, 6.45) is 6.59. The van der Waals surface area contributed by atoms with Crippen LogP contribution in [0, 0.1) is 11.8 Å². The van der Waals surface area contributed by atoms with E-state index in [1.807, 2.05) is 0 Å². The van der Waals surface area contributed by atoms with Gasteiger partial charge in [-0.15, -0.1) is 0 Å². The van der Waals surface area contributed by atoms with Crippen molar-refractivity contribution in [2.24, 2.45) is 11.8 Å². The molecule has 1 aliphatic rings. The van der Waals surface area contributed by atoms with Crippen LogP contribution < -0.4 is 0 Å².